The average Bonchev–Trinajstić information content (AvgIpc) is 3.45. The van der Waals surface area contributed by atoms with E-state index in [0.717, 1.165) is 19.5 Å². The molecule has 1 aromatic heterocycles. The Labute approximate surface area is 173 Å². The smallest absolute Gasteiger partial charge is 0.251 e. The van der Waals surface area contributed by atoms with Crippen LogP contribution < -0.4 is 14.8 Å². The van der Waals surface area contributed by atoms with Crippen molar-refractivity contribution in [3.8, 4) is 11.5 Å². The molecule has 2 aromatic carbocycles. The van der Waals surface area contributed by atoms with Crippen LogP contribution in [0.3, 0.4) is 0 Å². The van der Waals surface area contributed by atoms with Crippen LogP contribution in [0.4, 0.5) is 0 Å². The standard InChI is InChI=1S/C23H22N2O3S/c26-23(17-5-6-21-22(11-17)28-15-27-21)24-12-20(19-8-10-29-14-19)25-9-7-16-3-1-2-4-18(16)13-25/h1-6,8,10-11,14,20H,7,9,12-13,15H2,(H,24,26). The maximum absolute atomic E-state index is 12.8. The lowest BCUT2D eigenvalue weighted by atomic mass is 9.97. The largest absolute Gasteiger partial charge is 0.454 e. The number of carbonyl (C=O) groups excluding carboxylic acids is 1. The molecule has 148 valence electrons. The average molecular weight is 407 g/mol. The second kappa shape index (κ2) is 7.89. The minimum atomic E-state index is -0.0964. The number of fused-ring (bicyclic) bond motifs is 2. The Balaban J connectivity index is 1.32. The lowest BCUT2D eigenvalue weighted by Gasteiger charge is -2.35. The van der Waals surface area contributed by atoms with Gasteiger partial charge < -0.3 is 14.8 Å². The van der Waals surface area contributed by atoms with Gasteiger partial charge in [0.2, 0.25) is 6.79 Å². The summed E-state index contributed by atoms with van der Waals surface area (Å²) in [6, 6.07) is 16.2. The molecule has 1 atom stereocenters. The third-order valence-corrected chi connectivity index (χ3v) is 6.32. The highest BCUT2D eigenvalue weighted by Crippen LogP contribution is 2.33. The molecule has 1 amide bonds. The Kier molecular flexibility index (Phi) is 4.96. The van der Waals surface area contributed by atoms with Gasteiger partial charge in [0, 0.05) is 25.2 Å². The molecule has 0 saturated heterocycles. The van der Waals surface area contributed by atoms with E-state index in [1.54, 1.807) is 29.5 Å². The summed E-state index contributed by atoms with van der Waals surface area (Å²) in [7, 11) is 0. The van der Waals surface area contributed by atoms with E-state index in [2.05, 4.69) is 51.3 Å². The van der Waals surface area contributed by atoms with Crippen LogP contribution >= 0.6 is 11.3 Å². The summed E-state index contributed by atoms with van der Waals surface area (Å²) in [4.78, 5) is 15.2. The van der Waals surface area contributed by atoms with E-state index in [1.807, 2.05) is 0 Å². The highest BCUT2D eigenvalue weighted by atomic mass is 32.1. The van der Waals surface area contributed by atoms with Crippen LogP contribution in [0.1, 0.15) is 33.1 Å². The fraction of sp³-hybridized carbons (Fsp3) is 0.261. The van der Waals surface area contributed by atoms with Gasteiger partial charge in [-0.3, -0.25) is 9.69 Å². The van der Waals surface area contributed by atoms with Gasteiger partial charge in [0.15, 0.2) is 11.5 Å². The molecule has 0 fully saturated rings. The van der Waals surface area contributed by atoms with Crippen LogP contribution in [0.2, 0.25) is 0 Å². The Hall–Kier alpha value is -2.83. The van der Waals surface area contributed by atoms with Crippen LogP contribution in [0.15, 0.2) is 59.3 Å². The lowest BCUT2D eigenvalue weighted by molar-refractivity contribution is 0.0927. The molecule has 0 spiro atoms. The maximum Gasteiger partial charge on any atom is 0.251 e. The molecule has 3 heterocycles. The predicted octanol–water partition coefficient (Wildman–Crippen LogP) is 4.01. The number of benzene rings is 2. The van der Waals surface area contributed by atoms with Crippen molar-refractivity contribution in [2.45, 2.75) is 19.0 Å². The number of ether oxygens (including phenoxy) is 2. The molecule has 1 N–H and O–H groups in total. The highest BCUT2D eigenvalue weighted by Gasteiger charge is 2.26. The molecule has 5 rings (SSSR count). The van der Waals surface area contributed by atoms with Gasteiger partial charge in [0.05, 0.1) is 6.04 Å². The Morgan fingerprint density at radius 3 is 2.83 bits per heavy atom. The zero-order valence-corrected chi connectivity index (χ0v) is 16.8. The van der Waals surface area contributed by atoms with Crippen LogP contribution in [0.25, 0.3) is 0 Å². The molecule has 0 bridgehead atoms. The molecular weight excluding hydrogens is 384 g/mol. The van der Waals surface area contributed by atoms with E-state index >= 15 is 0 Å². The quantitative estimate of drug-likeness (QED) is 0.696. The molecular formula is C23H22N2O3S. The van der Waals surface area contributed by atoms with E-state index in [0.29, 0.717) is 23.6 Å². The zero-order valence-electron chi connectivity index (χ0n) is 16.0. The first-order valence-corrected chi connectivity index (χ1v) is 10.7. The summed E-state index contributed by atoms with van der Waals surface area (Å²) < 4.78 is 10.7. The van der Waals surface area contributed by atoms with Crippen molar-refractivity contribution in [3.63, 3.8) is 0 Å². The molecule has 1 unspecified atom stereocenters. The molecule has 3 aromatic rings. The number of nitrogens with one attached hydrogen (secondary N) is 1. The van der Waals surface area contributed by atoms with Gasteiger partial charge in [-0.2, -0.15) is 11.3 Å². The SMILES string of the molecule is O=C(NCC(c1ccsc1)N1CCc2ccccc2C1)c1ccc2c(c1)OCO2. The van der Waals surface area contributed by atoms with Crippen molar-refractivity contribution >= 4 is 17.2 Å². The van der Waals surface area contributed by atoms with Gasteiger partial charge in [-0.05, 0) is 58.1 Å². The molecule has 5 nitrogen and oxygen atoms in total. The van der Waals surface area contributed by atoms with Gasteiger partial charge in [-0.1, -0.05) is 24.3 Å². The first kappa shape index (κ1) is 18.2. The van der Waals surface area contributed by atoms with Crippen molar-refractivity contribution in [2.24, 2.45) is 0 Å². The maximum atomic E-state index is 12.8. The van der Waals surface area contributed by atoms with Crippen molar-refractivity contribution in [2.75, 3.05) is 19.9 Å². The third kappa shape index (κ3) is 3.73. The molecule has 0 saturated carbocycles. The summed E-state index contributed by atoms with van der Waals surface area (Å²) >= 11 is 1.69. The van der Waals surface area contributed by atoms with Crippen LogP contribution in [0, 0.1) is 0 Å². The number of carbonyl (C=O) groups is 1. The third-order valence-electron chi connectivity index (χ3n) is 5.62. The van der Waals surface area contributed by atoms with Crippen molar-refractivity contribution in [1.29, 1.82) is 0 Å². The fourth-order valence-electron chi connectivity index (χ4n) is 4.04. The summed E-state index contributed by atoms with van der Waals surface area (Å²) in [6.07, 6.45) is 1.03. The topological polar surface area (TPSA) is 50.8 Å². The predicted molar refractivity (Wildman–Crippen MR) is 113 cm³/mol. The number of rotatable bonds is 5. The van der Waals surface area contributed by atoms with Crippen molar-refractivity contribution in [3.05, 3.63) is 81.5 Å². The van der Waals surface area contributed by atoms with E-state index in [-0.39, 0.29) is 18.7 Å². The Morgan fingerprint density at radius 1 is 1.10 bits per heavy atom. The normalized spacial score (nSPS) is 16.3. The number of thiophene rings is 1. The van der Waals surface area contributed by atoms with E-state index in [9.17, 15) is 4.79 Å². The number of amides is 1. The van der Waals surface area contributed by atoms with E-state index in [4.69, 9.17) is 9.47 Å². The molecule has 0 radical (unpaired) electrons. The summed E-state index contributed by atoms with van der Waals surface area (Å²) in [6.45, 7) is 2.65. The molecule has 0 aliphatic carbocycles. The van der Waals surface area contributed by atoms with Gasteiger partial charge in [0.25, 0.3) is 5.91 Å². The minimum Gasteiger partial charge on any atom is -0.454 e. The molecule has 2 aliphatic heterocycles. The molecule has 2 aliphatic rings. The number of nitrogens with zero attached hydrogens (tertiary/aromatic N) is 1. The molecule has 29 heavy (non-hydrogen) atoms. The van der Waals surface area contributed by atoms with Gasteiger partial charge in [0.1, 0.15) is 0 Å². The van der Waals surface area contributed by atoms with Crippen LogP contribution in [-0.2, 0) is 13.0 Å². The number of hydrogen-bond donors (Lipinski definition) is 1. The second-order valence-electron chi connectivity index (χ2n) is 7.34. The van der Waals surface area contributed by atoms with Gasteiger partial charge >= 0.3 is 0 Å². The highest BCUT2D eigenvalue weighted by molar-refractivity contribution is 7.08. The monoisotopic (exact) mass is 406 g/mol. The van der Waals surface area contributed by atoms with Crippen molar-refractivity contribution < 1.29 is 14.3 Å². The van der Waals surface area contributed by atoms with E-state index in [1.165, 1.54) is 16.7 Å². The Morgan fingerprint density at radius 2 is 1.97 bits per heavy atom. The fourth-order valence-corrected chi connectivity index (χ4v) is 4.74. The summed E-state index contributed by atoms with van der Waals surface area (Å²) in [5, 5.41) is 7.40. The lowest BCUT2D eigenvalue weighted by Crippen LogP contribution is -2.40. The zero-order chi connectivity index (χ0) is 19.6. The summed E-state index contributed by atoms with van der Waals surface area (Å²) in [5.41, 5.74) is 4.64. The molecule has 6 heteroatoms. The number of hydrogen-bond acceptors (Lipinski definition) is 5. The van der Waals surface area contributed by atoms with Gasteiger partial charge in [-0.25, -0.2) is 0 Å². The first-order chi connectivity index (χ1) is 14.3. The van der Waals surface area contributed by atoms with Gasteiger partial charge in [-0.15, -0.1) is 0 Å². The first-order valence-electron chi connectivity index (χ1n) is 9.79. The van der Waals surface area contributed by atoms with E-state index < -0.39 is 0 Å². The van der Waals surface area contributed by atoms with Crippen LogP contribution in [-0.4, -0.2) is 30.7 Å². The summed E-state index contributed by atoms with van der Waals surface area (Å²) in [5.74, 6) is 1.21. The second-order valence-corrected chi connectivity index (χ2v) is 8.12. The van der Waals surface area contributed by atoms with Crippen LogP contribution in [0.5, 0.6) is 11.5 Å². The Bertz CT molecular complexity index is 1020. The minimum absolute atomic E-state index is 0.0964. The van der Waals surface area contributed by atoms with Crippen molar-refractivity contribution in [1.82, 2.24) is 10.2 Å².